The SMILES string of the molecule is CN(C)C(=O)c1cc(N)ccc1NCCN1CCN(c2ccccc2)CC1. The summed E-state index contributed by atoms with van der Waals surface area (Å²) >= 11 is 0. The number of anilines is 3. The third-order valence-electron chi connectivity index (χ3n) is 4.92. The Balaban J connectivity index is 1.50. The molecular formula is C21H29N5O. The molecule has 0 aliphatic carbocycles. The van der Waals surface area contributed by atoms with Gasteiger partial charge < -0.3 is 20.9 Å². The monoisotopic (exact) mass is 367 g/mol. The summed E-state index contributed by atoms with van der Waals surface area (Å²) in [5, 5.41) is 3.41. The molecule has 2 aromatic rings. The Bertz CT molecular complexity index is 754. The number of benzene rings is 2. The fourth-order valence-corrected chi connectivity index (χ4v) is 3.35. The van der Waals surface area contributed by atoms with Crippen LogP contribution in [0.5, 0.6) is 0 Å². The molecule has 1 aliphatic heterocycles. The zero-order chi connectivity index (χ0) is 19.2. The van der Waals surface area contributed by atoms with E-state index in [2.05, 4.69) is 45.4 Å². The third kappa shape index (κ3) is 4.92. The lowest BCUT2D eigenvalue weighted by molar-refractivity contribution is 0.0828. The molecule has 1 fully saturated rings. The highest BCUT2D eigenvalue weighted by atomic mass is 16.2. The van der Waals surface area contributed by atoms with Crippen LogP contribution in [0.15, 0.2) is 48.5 Å². The summed E-state index contributed by atoms with van der Waals surface area (Å²) in [7, 11) is 3.50. The molecule has 27 heavy (non-hydrogen) atoms. The van der Waals surface area contributed by atoms with Gasteiger partial charge in [-0.05, 0) is 30.3 Å². The number of hydrogen-bond acceptors (Lipinski definition) is 5. The van der Waals surface area contributed by atoms with Gasteiger partial charge in [-0.3, -0.25) is 9.69 Å². The molecule has 6 heteroatoms. The number of nitrogen functional groups attached to an aromatic ring is 1. The Morgan fingerprint density at radius 1 is 1.07 bits per heavy atom. The summed E-state index contributed by atoms with van der Waals surface area (Å²) in [5.41, 5.74) is 9.21. The van der Waals surface area contributed by atoms with Crippen molar-refractivity contribution < 1.29 is 4.79 Å². The van der Waals surface area contributed by atoms with E-state index in [1.165, 1.54) is 5.69 Å². The molecule has 3 N–H and O–H groups in total. The maximum Gasteiger partial charge on any atom is 0.255 e. The van der Waals surface area contributed by atoms with Crippen LogP contribution in [0, 0.1) is 0 Å². The van der Waals surface area contributed by atoms with Crippen molar-refractivity contribution in [2.24, 2.45) is 0 Å². The molecular weight excluding hydrogens is 338 g/mol. The number of carbonyl (C=O) groups is 1. The van der Waals surface area contributed by atoms with E-state index in [4.69, 9.17) is 5.73 Å². The Labute approximate surface area is 161 Å². The molecule has 1 amide bonds. The highest BCUT2D eigenvalue weighted by Crippen LogP contribution is 2.20. The van der Waals surface area contributed by atoms with Gasteiger partial charge in [0.05, 0.1) is 5.56 Å². The van der Waals surface area contributed by atoms with E-state index in [1.54, 1.807) is 25.1 Å². The zero-order valence-corrected chi connectivity index (χ0v) is 16.2. The van der Waals surface area contributed by atoms with Crippen molar-refractivity contribution in [3.05, 3.63) is 54.1 Å². The first-order valence-electron chi connectivity index (χ1n) is 9.42. The fourth-order valence-electron chi connectivity index (χ4n) is 3.35. The lowest BCUT2D eigenvalue weighted by Crippen LogP contribution is -2.47. The number of amides is 1. The van der Waals surface area contributed by atoms with Gasteiger partial charge in [-0.1, -0.05) is 18.2 Å². The van der Waals surface area contributed by atoms with Crippen molar-refractivity contribution in [2.75, 3.05) is 69.3 Å². The van der Waals surface area contributed by atoms with E-state index >= 15 is 0 Å². The quantitative estimate of drug-likeness (QED) is 0.767. The van der Waals surface area contributed by atoms with Crippen molar-refractivity contribution >= 4 is 23.0 Å². The highest BCUT2D eigenvalue weighted by Gasteiger charge is 2.17. The lowest BCUT2D eigenvalue weighted by Gasteiger charge is -2.36. The van der Waals surface area contributed by atoms with Gasteiger partial charge in [0.15, 0.2) is 0 Å². The molecule has 0 unspecified atom stereocenters. The van der Waals surface area contributed by atoms with Crippen molar-refractivity contribution in [2.45, 2.75) is 0 Å². The second kappa shape index (κ2) is 8.77. The Kier molecular flexibility index (Phi) is 6.19. The predicted molar refractivity (Wildman–Crippen MR) is 112 cm³/mol. The molecule has 0 radical (unpaired) electrons. The van der Waals surface area contributed by atoms with Gasteiger partial charge in [0.25, 0.3) is 5.91 Å². The average molecular weight is 367 g/mol. The summed E-state index contributed by atoms with van der Waals surface area (Å²) in [6.07, 6.45) is 0. The largest absolute Gasteiger partial charge is 0.399 e. The molecule has 0 saturated carbocycles. The second-order valence-electron chi connectivity index (χ2n) is 7.10. The molecule has 3 rings (SSSR count). The molecule has 1 saturated heterocycles. The van der Waals surface area contributed by atoms with E-state index in [-0.39, 0.29) is 5.91 Å². The Morgan fingerprint density at radius 2 is 1.78 bits per heavy atom. The third-order valence-corrected chi connectivity index (χ3v) is 4.92. The molecule has 2 aromatic carbocycles. The fraction of sp³-hybridized carbons (Fsp3) is 0.381. The molecule has 0 spiro atoms. The van der Waals surface area contributed by atoms with Crippen molar-refractivity contribution in [1.82, 2.24) is 9.80 Å². The lowest BCUT2D eigenvalue weighted by atomic mass is 10.1. The summed E-state index contributed by atoms with van der Waals surface area (Å²) in [5.74, 6) is -0.0405. The van der Waals surface area contributed by atoms with Gasteiger partial charge in [0.2, 0.25) is 0 Å². The Hall–Kier alpha value is -2.73. The first-order chi connectivity index (χ1) is 13.0. The minimum absolute atomic E-state index is 0.0405. The van der Waals surface area contributed by atoms with E-state index < -0.39 is 0 Å². The molecule has 1 heterocycles. The maximum absolute atomic E-state index is 12.4. The number of nitrogens with two attached hydrogens (primary N) is 1. The van der Waals surface area contributed by atoms with Gasteiger partial charge >= 0.3 is 0 Å². The standard InChI is InChI=1S/C21H29N5O/c1-24(2)21(27)19-16-17(22)8-9-20(19)23-10-11-25-12-14-26(15-13-25)18-6-4-3-5-7-18/h3-9,16,23H,10-15,22H2,1-2H3. The minimum atomic E-state index is -0.0405. The first-order valence-corrected chi connectivity index (χ1v) is 9.42. The van der Waals surface area contributed by atoms with Crippen LogP contribution in [-0.2, 0) is 0 Å². The number of para-hydroxylation sites is 1. The van der Waals surface area contributed by atoms with Gasteiger partial charge in [-0.2, -0.15) is 0 Å². The van der Waals surface area contributed by atoms with Crippen molar-refractivity contribution in [3.63, 3.8) is 0 Å². The number of hydrogen-bond donors (Lipinski definition) is 2. The minimum Gasteiger partial charge on any atom is -0.399 e. The molecule has 0 atom stereocenters. The van der Waals surface area contributed by atoms with Crippen molar-refractivity contribution in [3.8, 4) is 0 Å². The maximum atomic E-state index is 12.4. The molecule has 6 nitrogen and oxygen atoms in total. The number of rotatable bonds is 6. The topological polar surface area (TPSA) is 64.8 Å². The van der Waals surface area contributed by atoms with Crippen LogP contribution in [0.25, 0.3) is 0 Å². The summed E-state index contributed by atoms with van der Waals surface area (Å²) < 4.78 is 0. The van der Waals surface area contributed by atoms with Crippen LogP contribution in [-0.4, -0.2) is 69.1 Å². The van der Waals surface area contributed by atoms with Gasteiger partial charge in [-0.25, -0.2) is 0 Å². The summed E-state index contributed by atoms with van der Waals surface area (Å²) in [6.45, 7) is 5.90. The summed E-state index contributed by atoms with van der Waals surface area (Å²) in [4.78, 5) is 18.8. The number of nitrogens with one attached hydrogen (secondary N) is 1. The van der Waals surface area contributed by atoms with Gasteiger partial charge in [0.1, 0.15) is 0 Å². The van der Waals surface area contributed by atoms with Crippen molar-refractivity contribution in [1.29, 1.82) is 0 Å². The van der Waals surface area contributed by atoms with E-state index in [9.17, 15) is 4.79 Å². The number of nitrogens with zero attached hydrogens (tertiary/aromatic N) is 3. The Morgan fingerprint density at radius 3 is 2.44 bits per heavy atom. The molecule has 0 bridgehead atoms. The normalized spacial score (nSPS) is 14.8. The molecule has 1 aliphatic rings. The smallest absolute Gasteiger partial charge is 0.255 e. The molecule has 144 valence electrons. The van der Waals surface area contributed by atoms with E-state index in [0.717, 1.165) is 45.0 Å². The van der Waals surface area contributed by atoms with Gasteiger partial charge in [0, 0.05) is 70.4 Å². The molecule has 0 aromatic heterocycles. The zero-order valence-electron chi connectivity index (χ0n) is 16.2. The van der Waals surface area contributed by atoms with Crippen LogP contribution in [0.2, 0.25) is 0 Å². The van der Waals surface area contributed by atoms with Crippen LogP contribution >= 0.6 is 0 Å². The van der Waals surface area contributed by atoms with Crippen LogP contribution in [0.3, 0.4) is 0 Å². The average Bonchev–Trinajstić information content (AvgIpc) is 2.69. The van der Waals surface area contributed by atoms with Crippen LogP contribution in [0.4, 0.5) is 17.1 Å². The summed E-state index contributed by atoms with van der Waals surface area (Å²) in [6, 6.07) is 16.0. The predicted octanol–water partition coefficient (Wildman–Crippen LogP) is 2.20. The second-order valence-corrected chi connectivity index (χ2v) is 7.10. The van der Waals surface area contributed by atoms with Crippen LogP contribution < -0.4 is 16.0 Å². The highest BCUT2D eigenvalue weighted by molar-refractivity contribution is 6.00. The van der Waals surface area contributed by atoms with E-state index in [1.807, 2.05) is 12.1 Å². The first kappa shape index (κ1) is 19.0. The van der Waals surface area contributed by atoms with Gasteiger partial charge in [-0.15, -0.1) is 0 Å². The number of piperazine rings is 1. The van der Waals surface area contributed by atoms with E-state index in [0.29, 0.717) is 11.3 Å². The number of carbonyl (C=O) groups excluding carboxylic acids is 1. The van der Waals surface area contributed by atoms with Crippen LogP contribution in [0.1, 0.15) is 10.4 Å².